The Kier molecular flexibility index (Phi) is 4.70. The summed E-state index contributed by atoms with van der Waals surface area (Å²) in [5, 5.41) is 18.5. The molecule has 1 aromatic heterocycles. The average molecular weight is 376 g/mol. The van der Waals surface area contributed by atoms with Gasteiger partial charge in [0, 0.05) is 26.2 Å². The Morgan fingerprint density at radius 1 is 0.929 bits per heavy atom. The van der Waals surface area contributed by atoms with Crippen LogP contribution in [0.2, 0.25) is 0 Å². The molecule has 0 amide bonds. The molecule has 142 valence electrons. The second-order valence-corrected chi connectivity index (χ2v) is 6.97. The van der Waals surface area contributed by atoms with Crippen LogP contribution in [0.15, 0.2) is 42.5 Å². The van der Waals surface area contributed by atoms with Gasteiger partial charge in [0.15, 0.2) is 5.82 Å². The number of aryl methyl sites for hydroxylation is 2. The molecule has 2 aromatic carbocycles. The van der Waals surface area contributed by atoms with Gasteiger partial charge in [-0.15, -0.1) is 15.0 Å². The maximum absolute atomic E-state index is 14.0. The Labute approximate surface area is 163 Å². The summed E-state index contributed by atoms with van der Waals surface area (Å²) in [6, 6.07) is 14.9. The number of nitriles is 1. The molecule has 3 aromatic rings. The SMILES string of the molecule is Cc1ccc(-n2nc(C#N)c(N3CCN(c4ccccc4F)CC3)n2)cc1C. The minimum atomic E-state index is -0.214. The number of rotatable bonds is 3. The standard InChI is InChI=1S/C21H21FN6/c1-15-7-8-17(13-16(15)2)28-24-19(14-23)21(25-28)27-11-9-26(10-12-27)20-6-4-3-5-18(20)22/h3-8,13H,9-12H2,1-2H3. The molecule has 0 bridgehead atoms. The van der Waals surface area contributed by atoms with Gasteiger partial charge in [0.25, 0.3) is 0 Å². The summed E-state index contributed by atoms with van der Waals surface area (Å²) < 4.78 is 14.0. The monoisotopic (exact) mass is 376 g/mol. The molecule has 0 aliphatic carbocycles. The molecule has 28 heavy (non-hydrogen) atoms. The molecule has 0 saturated carbocycles. The summed E-state index contributed by atoms with van der Waals surface area (Å²) in [5.41, 5.74) is 4.09. The van der Waals surface area contributed by atoms with Crippen LogP contribution in [0.4, 0.5) is 15.9 Å². The summed E-state index contributed by atoms with van der Waals surface area (Å²) in [7, 11) is 0. The van der Waals surface area contributed by atoms with Crippen molar-refractivity contribution in [3.05, 3.63) is 65.1 Å². The number of hydrogen-bond acceptors (Lipinski definition) is 5. The van der Waals surface area contributed by atoms with E-state index in [9.17, 15) is 9.65 Å². The number of aromatic nitrogens is 3. The van der Waals surface area contributed by atoms with Crippen molar-refractivity contribution >= 4 is 11.5 Å². The van der Waals surface area contributed by atoms with Crippen LogP contribution in [0.1, 0.15) is 16.8 Å². The van der Waals surface area contributed by atoms with Gasteiger partial charge in [-0.2, -0.15) is 5.26 Å². The molecule has 4 rings (SSSR count). The largest absolute Gasteiger partial charge is 0.366 e. The smallest absolute Gasteiger partial charge is 0.207 e. The van der Waals surface area contributed by atoms with Gasteiger partial charge in [-0.3, -0.25) is 0 Å². The van der Waals surface area contributed by atoms with Crippen LogP contribution < -0.4 is 9.80 Å². The van der Waals surface area contributed by atoms with Gasteiger partial charge in [0.2, 0.25) is 5.69 Å². The lowest BCUT2D eigenvalue weighted by Gasteiger charge is -2.36. The van der Waals surface area contributed by atoms with Gasteiger partial charge in [0.05, 0.1) is 11.4 Å². The summed E-state index contributed by atoms with van der Waals surface area (Å²) in [5.74, 6) is 0.364. The zero-order valence-electron chi connectivity index (χ0n) is 15.9. The van der Waals surface area contributed by atoms with Gasteiger partial charge in [-0.25, -0.2) is 4.39 Å². The van der Waals surface area contributed by atoms with E-state index >= 15 is 0 Å². The van der Waals surface area contributed by atoms with Crippen molar-refractivity contribution in [2.45, 2.75) is 13.8 Å². The first-order valence-electron chi connectivity index (χ1n) is 9.26. The van der Waals surface area contributed by atoms with Crippen molar-refractivity contribution in [3.63, 3.8) is 0 Å². The van der Waals surface area contributed by atoms with Crippen molar-refractivity contribution < 1.29 is 4.39 Å². The van der Waals surface area contributed by atoms with Crippen molar-refractivity contribution in [1.82, 2.24) is 15.0 Å². The van der Waals surface area contributed by atoms with E-state index in [0.717, 1.165) is 11.3 Å². The fourth-order valence-electron chi connectivity index (χ4n) is 3.42. The Bertz CT molecular complexity index is 1040. The number of anilines is 2. The topological polar surface area (TPSA) is 61.0 Å². The molecular formula is C21H21FN6. The molecule has 1 aliphatic heterocycles. The maximum Gasteiger partial charge on any atom is 0.207 e. The predicted octanol–water partition coefficient (Wildman–Crippen LogP) is 3.22. The van der Waals surface area contributed by atoms with E-state index < -0.39 is 0 Å². The fraction of sp³-hybridized carbons (Fsp3) is 0.286. The van der Waals surface area contributed by atoms with E-state index in [1.807, 2.05) is 41.0 Å². The van der Waals surface area contributed by atoms with Crippen LogP contribution in [-0.4, -0.2) is 41.2 Å². The molecule has 7 heteroatoms. The summed E-state index contributed by atoms with van der Waals surface area (Å²) in [6.45, 7) is 6.70. The third kappa shape index (κ3) is 3.29. The van der Waals surface area contributed by atoms with E-state index in [4.69, 9.17) is 0 Å². The Balaban J connectivity index is 1.55. The van der Waals surface area contributed by atoms with Crippen LogP contribution in [0.3, 0.4) is 0 Å². The second-order valence-electron chi connectivity index (χ2n) is 6.97. The lowest BCUT2D eigenvalue weighted by atomic mass is 10.1. The van der Waals surface area contributed by atoms with Gasteiger partial charge in [-0.05, 0) is 49.2 Å². The molecule has 0 radical (unpaired) electrons. The maximum atomic E-state index is 14.0. The molecule has 1 fully saturated rings. The van der Waals surface area contributed by atoms with E-state index in [0.29, 0.717) is 43.4 Å². The highest BCUT2D eigenvalue weighted by Gasteiger charge is 2.24. The average Bonchev–Trinajstić information content (AvgIpc) is 3.15. The zero-order valence-corrected chi connectivity index (χ0v) is 15.9. The van der Waals surface area contributed by atoms with Crippen molar-refractivity contribution in [3.8, 4) is 11.8 Å². The van der Waals surface area contributed by atoms with E-state index in [2.05, 4.69) is 23.2 Å². The minimum Gasteiger partial charge on any atom is -0.366 e. The highest BCUT2D eigenvalue weighted by Crippen LogP contribution is 2.24. The molecule has 1 saturated heterocycles. The molecule has 1 aliphatic rings. The van der Waals surface area contributed by atoms with Gasteiger partial charge >= 0.3 is 0 Å². The first kappa shape index (κ1) is 18.0. The second kappa shape index (κ2) is 7.31. The number of piperazine rings is 1. The van der Waals surface area contributed by atoms with Gasteiger partial charge < -0.3 is 9.80 Å². The number of hydrogen-bond donors (Lipinski definition) is 0. The molecular weight excluding hydrogens is 355 g/mol. The molecule has 2 heterocycles. The van der Waals surface area contributed by atoms with E-state index in [-0.39, 0.29) is 5.82 Å². The first-order chi connectivity index (χ1) is 13.6. The molecule has 0 spiro atoms. The molecule has 0 unspecified atom stereocenters. The van der Waals surface area contributed by atoms with Gasteiger partial charge in [0.1, 0.15) is 11.9 Å². The Hall–Kier alpha value is -3.40. The highest BCUT2D eigenvalue weighted by molar-refractivity contribution is 5.54. The van der Waals surface area contributed by atoms with Gasteiger partial charge in [-0.1, -0.05) is 18.2 Å². The van der Waals surface area contributed by atoms with Crippen LogP contribution in [0, 0.1) is 31.0 Å². The Morgan fingerprint density at radius 3 is 2.32 bits per heavy atom. The molecule has 0 atom stereocenters. The fourth-order valence-corrected chi connectivity index (χ4v) is 3.42. The number of para-hydroxylation sites is 1. The zero-order chi connectivity index (χ0) is 19.7. The first-order valence-corrected chi connectivity index (χ1v) is 9.26. The minimum absolute atomic E-state index is 0.214. The van der Waals surface area contributed by atoms with Crippen molar-refractivity contribution in [2.24, 2.45) is 0 Å². The number of nitrogens with zero attached hydrogens (tertiary/aromatic N) is 6. The highest BCUT2D eigenvalue weighted by atomic mass is 19.1. The lowest BCUT2D eigenvalue weighted by Crippen LogP contribution is -2.47. The number of benzene rings is 2. The molecule has 0 N–H and O–H groups in total. The van der Waals surface area contributed by atoms with E-state index in [1.165, 1.54) is 16.4 Å². The quantitative estimate of drug-likeness (QED) is 0.702. The summed E-state index contributed by atoms with van der Waals surface area (Å²) in [4.78, 5) is 5.58. The summed E-state index contributed by atoms with van der Waals surface area (Å²) >= 11 is 0. The normalized spacial score (nSPS) is 14.2. The van der Waals surface area contributed by atoms with Crippen LogP contribution in [-0.2, 0) is 0 Å². The Morgan fingerprint density at radius 2 is 1.64 bits per heavy atom. The molecule has 6 nitrogen and oxygen atoms in total. The van der Waals surface area contributed by atoms with Crippen molar-refractivity contribution in [1.29, 1.82) is 5.26 Å². The number of halogens is 1. The summed E-state index contributed by atoms with van der Waals surface area (Å²) in [6.07, 6.45) is 0. The third-order valence-corrected chi connectivity index (χ3v) is 5.20. The van der Waals surface area contributed by atoms with Crippen molar-refractivity contribution in [2.75, 3.05) is 36.0 Å². The lowest BCUT2D eigenvalue weighted by molar-refractivity contribution is 0.595. The third-order valence-electron chi connectivity index (χ3n) is 5.20. The van der Waals surface area contributed by atoms with Crippen LogP contribution in [0.5, 0.6) is 0 Å². The van der Waals surface area contributed by atoms with Crippen LogP contribution >= 0.6 is 0 Å². The van der Waals surface area contributed by atoms with Crippen LogP contribution in [0.25, 0.3) is 5.69 Å². The predicted molar refractivity (Wildman–Crippen MR) is 106 cm³/mol. The van der Waals surface area contributed by atoms with E-state index in [1.54, 1.807) is 12.1 Å².